The molecule has 1 aromatic rings. The zero-order valence-electron chi connectivity index (χ0n) is 4.53. The maximum absolute atomic E-state index is 10.2. The predicted octanol–water partition coefficient (Wildman–Crippen LogP) is -0.100. The number of nitrogens with one attached hydrogen (secondary N) is 1. The summed E-state index contributed by atoms with van der Waals surface area (Å²) in [7, 11) is 0. The molecule has 4 heteroatoms. The molecule has 1 aromatic heterocycles. The van der Waals surface area contributed by atoms with E-state index in [1.54, 1.807) is 0 Å². The molecule has 4 nitrogen and oxygen atoms in total. The highest BCUT2D eigenvalue weighted by Crippen LogP contribution is 1.89. The van der Waals surface area contributed by atoms with Crippen molar-refractivity contribution in [3.8, 4) is 0 Å². The van der Waals surface area contributed by atoms with E-state index in [2.05, 4.69) is 9.97 Å². The van der Waals surface area contributed by atoms with Gasteiger partial charge in [-0.15, -0.1) is 0 Å². The van der Waals surface area contributed by atoms with Crippen LogP contribution in [0.1, 0.15) is 10.4 Å². The Morgan fingerprint density at radius 3 is 2.33 bits per heavy atom. The van der Waals surface area contributed by atoms with E-state index in [1.807, 2.05) is 0 Å². The number of hydrogen-bond acceptors (Lipinski definition) is 3. The quantitative estimate of drug-likeness (QED) is 0.522. The summed E-state index contributed by atoms with van der Waals surface area (Å²) in [6.45, 7) is 0. The minimum atomic E-state index is -0.754. The van der Waals surface area contributed by atoms with Crippen LogP contribution < -0.4 is 5.73 Å². The van der Waals surface area contributed by atoms with Crippen LogP contribution in [0.25, 0.3) is 0 Å². The van der Waals surface area contributed by atoms with Gasteiger partial charge in [0.2, 0.25) is 0 Å². The molecule has 1 heterocycles. The van der Waals surface area contributed by atoms with E-state index in [-0.39, 0.29) is 5.56 Å². The Kier molecular flexibility index (Phi) is 1.40. The molecule has 0 aromatic carbocycles. The SMILES string of the molecule is [NH]C(=O)c1cncnc1. The lowest BCUT2D eigenvalue weighted by Crippen LogP contribution is -1.99. The van der Waals surface area contributed by atoms with Crippen molar-refractivity contribution < 1.29 is 4.79 Å². The Balaban J connectivity index is 2.98. The molecule has 0 aliphatic rings. The summed E-state index contributed by atoms with van der Waals surface area (Å²) in [4.78, 5) is 17.3. The number of aromatic nitrogens is 2. The van der Waals surface area contributed by atoms with Crippen molar-refractivity contribution in [3.05, 3.63) is 24.3 Å². The third kappa shape index (κ3) is 1.22. The predicted molar refractivity (Wildman–Crippen MR) is 29.5 cm³/mol. The fourth-order valence-corrected chi connectivity index (χ4v) is 0.416. The van der Waals surface area contributed by atoms with Crippen molar-refractivity contribution in [1.82, 2.24) is 15.7 Å². The zero-order valence-corrected chi connectivity index (χ0v) is 4.53. The van der Waals surface area contributed by atoms with Gasteiger partial charge in [-0.05, 0) is 0 Å². The Morgan fingerprint density at radius 1 is 1.44 bits per heavy atom. The van der Waals surface area contributed by atoms with E-state index in [4.69, 9.17) is 5.73 Å². The molecule has 0 atom stereocenters. The molecule has 1 N–H and O–H groups in total. The smallest absolute Gasteiger partial charge is 0.267 e. The fourth-order valence-electron chi connectivity index (χ4n) is 0.416. The standard InChI is InChI=1S/C5H4N3O/c6-5(9)4-1-7-3-8-2-4/h1-3,6H. The first-order chi connectivity index (χ1) is 4.30. The Bertz CT molecular complexity index is 209. The largest absolute Gasteiger partial charge is 0.272 e. The van der Waals surface area contributed by atoms with Crippen molar-refractivity contribution in [2.24, 2.45) is 0 Å². The number of rotatable bonds is 1. The lowest BCUT2D eigenvalue weighted by atomic mass is 10.3. The molecule has 0 saturated carbocycles. The number of carbonyl (C=O) groups is 1. The molecule has 0 bridgehead atoms. The summed E-state index contributed by atoms with van der Waals surface area (Å²) < 4.78 is 0. The molecule has 0 unspecified atom stereocenters. The molecule has 0 aliphatic carbocycles. The summed E-state index contributed by atoms with van der Waals surface area (Å²) in [5.74, 6) is -0.754. The molecule has 0 fully saturated rings. The van der Waals surface area contributed by atoms with Gasteiger partial charge < -0.3 is 0 Å². The molecule has 45 valence electrons. The van der Waals surface area contributed by atoms with Crippen LogP contribution in [0.2, 0.25) is 0 Å². The second-order valence-corrected chi connectivity index (χ2v) is 1.46. The highest BCUT2D eigenvalue weighted by Gasteiger charge is 1.97. The first-order valence-electron chi connectivity index (χ1n) is 2.31. The van der Waals surface area contributed by atoms with Crippen LogP contribution in [0.3, 0.4) is 0 Å². The highest BCUT2D eigenvalue weighted by molar-refractivity contribution is 5.91. The Morgan fingerprint density at radius 2 is 2.00 bits per heavy atom. The molecule has 1 rings (SSSR count). The molecule has 1 amide bonds. The first kappa shape index (κ1) is 5.68. The van der Waals surface area contributed by atoms with Crippen molar-refractivity contribution in [3.63, 3.8) is 0 Å². The monoisotopic (exact) mass is 122 g/mol. The van der Waals surface area contributed by atoms with Gasteiger partial charge in [-0.1, -0.05) is 0 Å². The van der Waals surface area contributed by atoms with Crippen LogP contribution >= 0.6 is 0 Å². The van der Waals surface area contributed by atoms with E-state index >= 15 is 0 Å². The normalized spacial score (nSPS) is 8.89. The maximum Gasteiger partial charge on any atom is 0.272 e. The first-order valence-corrected chi connectivity index (χ1v) is 2.31. The van der Waals surface area contributed by atoms with Crippen molar-refractivity contribution in [2.45, 2.75) is 0 Å². The number of amides is 1. The second-order valence-electron chi connectivity index (χ2n) is 1.46. The van der Waals surface area contributed by atoms with Gasteiger partial charge in [0.25, 0.3) is 5.91 Å². The van der Waals surface area contributed by atoms with E-state index in [0.717, 1.165) is 0 Å². The molecule has 0 aliphatic heterocycles. The highest BCUT2D eigenvalue weighted by atomic mass is 16.1. The van der Waals surface area contributed by atoms with Gasteiger partial charge in [0.1, 0.15) is 6.33 Å². The van der Waals surface area contributed by atoms with Gasteiger partial charge in [0.05, 0.1) is 5.56 Å². The van der Waals surface area contributed by atoms with E-state index in [0.29, 0.717) is 0 Å². The Labute approximate surface area is 51.7 Å². The molecule has 0 saturated heterocycles. The van der Waals surface area contributed by atoms with Crippen molar-refractivity contribution >= 4 is 5.91 Å². The lowest BCUT2D eigenvalue weighted by Gasteiger charge is -1.86. The van der Waals surface area contributed by atoms with E-state index < -0.39 is 5.91 Å². The molecule has 0 spiro atoms. The van der Waals surface area contributed by atoms with Crippen LogP contribution in [0.15, 0.2) is 18.7 Å². The van der Waals surface area contributed by atoms with Crippen LogP contribution in [-0.2, 0) is 0 Å². The van der Waals surface area contributed by atoms with E-state index in [1.165, 1.54) is 18.7 Å². The average molecular weight is 122 g/mol. The van der Waals surface area contributed by atoms with Gasteiger partial charge in [-0.25, -0.2) is 9.97 Å². The minimum Gasteiger partial charge on any atom is -0.267 e. The lowest BCUT2D eigenvalue weighted by molar-refractivity contribution is 0.0991. The number of hydrogen-bond donors (Lipinski definition) is 0. The van der Waals surface area contributed by atoms with Crippen LogP contribution in [0.5, 0.6) is 0 Å². The summed E-state index contributed by atoms with van der Waals surface area (Å²) in [6.07, 6.45) is 3.93. The van der Waals surface area contributed by atoms with Crippen molar-refractivity contribution in [2.75, 3.05) is 0 Å². The summed E-state index contributed by atoms with van der Waals surface area (Å²) >= 11 is 0. The fraction of sp³-hybridized carbons (Fsp3) is 0. The van der Waals surface area contributed by atoms with E-state index in [9.17, 15) is 4.79 Å². The minimum absolute atomic E-state index is 0.220. The van der Waals surface area contributed by atoms with Crippen LogP contribution in [0, 0.1) is 0 Å². The van der Waals surface area contributed by atoms with Gasteiger partial charge in [0, 0.05) is 12.4 Å². The summed E-state index contributed by atoms with van der Waals surface area (Å²) in [5, 5.41) is 0. The summed E-state index contributed by atoms with van der Waals surface area (Å²) in [5.41, 5.74) is 6.82. The average Bonchev–Trinajstić information content (AvgIpc) is 1.90. The molecular formula is C5H4N3O. The molecule has 9 heavy (non-hydrogen) atoms. The second kappa shape index (κ2) is 2.21. The Hall–Kier alpha value is -1.45. The van der Waals surface area contributed by atoms with Gasteiger partial charge >= 0.3 is 0 Å². The zero-order chi connectivity index (χ0) is 6.69. The maximum atomic E-state index is 10.2. The topological polar surface area (TPSA) is 66.7 Å². The molecule has 1 radical (unpaired) electrons. The van der Waals surface area contributed by atoms with Gasteiger partial charge in [0.15, 0.2) is 0 Å². The van der Waals surface area contributed by atoms with Crippen LogP contribution in [0.4, 0.5) is 0 Å². The summed E-state index contributed by atoms with van der Waals surface area (Å²) in [6, 6.07) is 0. The number of nitrogens with zero attached hydrogens (tertiary/aromatic N) is 2. The van der Waals surface area contributed by atoms with Gasteiger partial charge in [-0.3, -0.25) is 10.5 Å². The van der Waals surface area contributed by atoms with Gasteiger partial charge in [-0.2, -0.15) is 0 Å². The third-order valence-corrected chi connectivity index (χ3v) is 0.823. The van der Waals surface area contributed by atoms with Crippen molar-refractivity contribution in [1.29, 1.82) is 0 Å². The third-order valence-electron chi connectivity index (χ3n) is 0.823. The molecular weight excluding hydrogens is 118 g/mol. The van der Waals surface area contributed by atoms with Crippen LogP contribution in [-0.4, -0.2) is 15.9 Å². The number of carbonyl (C=O) groups excluding carboxylic acids is 1.